The predicted octanol–water partition coefficient (Wildman–Crippen LogP) is 6.11. The summed E-state index contributed by atoms with van der Waals surface area (Å²) < 4.78 is 0. The van der Waals surface area contributed by atoms with E-state index in [-0.39, 0.29) is 11.8 Å². The van der Waals surface area contributed by atoms with Crippen molar-refractivity contribution in [3.63, 3.8) is 0 Å². The standard InChI is InChI=1S/C25H17N/c26-14-20-23(15-6-2-1-3-7-15)25-19-11-5-9-17-13-12-16-8-4-10-18(24(20)25)21(16)22(17)19/h1-13,20,23-25H/t20-,23-,24-,25+/m1/s1. The van der Waals surface area contributed by atoms with Gasteiger partial charge in [-0.3, -0.25) is 0 Å². The summed E-state index contributed by atoms with van der Waals surface area (Å²) in [4.78, 5) is 0. The fraction of sp³-hybridized carbons (Fsp3) is 0.160. The lowest BCUT2D eigenvalue weighted by molar-refractivity contribution is 0.210. The molecule has 4 atom stereocenters. The van der Waals surface area contributed by atoms with Crippen molar-refractivity contribution in [3.8, 4) is 6.07 Å². The van der Waals surface area contributed by atoms with Crippen molar-refractivity contribution in [1.82, 2.24) is 0 Å². The molecule has 0 heterocycles. The second kappa shape index (κ2) is 4.96. The molecule has 0 N–H and O–H groups in total. The van der Waals surface area contributed by atoms with Gasteiger partial charge in [-0.05, 0) is 38.2 Å². The Kier molecular flexibility index (Phi) is 2.69. The van der Waals surface area contributed by atoms with Gasteiger partial charge in [0.2, 0.25) is 0 Å². The van der Waals surface area contributed by atoms with Gasteiger partial charge < -0.3 is 0 Å². The zero-order valence-corrected chi connectivity index (χ0v) is 14.3. The SMILES string of the molecule is N#C[C@@H]1[C@@H](c2ccccc2)[C@@H]2c3cccc4ccc5cccc(c5c34)[C@H]12. The van der Waals surface area contributed by atoms with Gasteiger partial charge in [0.25, 0.3) is 0 Å². The fourth-order valence-corrected chi connectivity index (χ4v) is 5.54. The Balaban J connectivity index is 1.70. The van der Waals surface area contributed by atoms with Gasteiger partial charge in [0.1, 0.15) is 0 Å². The van der Waals surface area contributed by atoms with E-state index >= 15 is 0 Å². The van der Waals surface area contributed by atoms with Crippen LogP contribution in [0.4, 0.5) is 0 Å². The maximum atomic E-state index is 10.0. The third kappa shape index (κ3) is 1.60. The van der Waals surface area contributed by atoms with Crippen LogP contribution < -0.4 is 0 Å². The third-order valence-corrected chi connectivity index (χ3v) is 6.55. The maximum Gasteiger partial charge on any atom is 0.0669 e. The predicted molar refractivity (Wildman–Crippen MR) is 105 cm³/mol. The average Bonchev–Trinajstić information content (AvgIpc) is 2.68. The van der Waals surface area contributed by atoms with Crippen LogP contribution in [0.1, 0.15) is 34.4 Å². The number of fused-ring (bicyclic) bond motifs is 3. The molecule has 0 amide bonds. The summed E-state index contributed by atoms with van der Waals surface area (Å²) in [6, 6.07) is 31.0. The monoisotopic (exact) mass is 331 g/mol. The molecule has 1 saturated carbocycles. The van der Waals surface area contributed by atoms with Crippen LogP contribution in [0.2, 0.25) is 0 Å². The van der Waals surface area contributed by atoms with Gasteiger partial charge in [-0.2, -0.15) is 5.26 Å². The van der Waals surface area contributed by atoms with Crippen molar-refractivity contribution in [2.24, 2.45) is 5.92 Å². The Hall–Kier alpha value is -3.11. The molecule has 6 rings (SSSR count). The van der Waals surface area contributed by atoms with Crippen molar-refractivity contribution < 1.29 is 0 Å². The van der Waals surface area contributed by atoms with E-state index < -0.39 is 0 Å². The second-order valence-electron chi connectivity index (χ2n) is 7.60. The lowest BCUT2D eigenvalue weighted by atomic mass is 9.49. The van der Waals surface area contributed by atoms with Crippen LogP contribution in [-0.2, 0) is 0 Å². The zero-order valence-electron chi connectivity index (χ0n) is 14.3. The number of hydrogen-bond donors (Lipinski definition) is 0. The molecule has 0 saturated heterocycles. The van der Waals surface area contributed by atoms with Crippen LogP contribution in [0.15, 0.2) is 78.9 Å². The summed E-state index contributed by atoms with van der Waals surface area (Å²) >= 11 is 0. The Bertz CT molecular complexity index is 1220. The first-order chi connectivity index (χ1) is 12.9. The first kappa shape index (κ1) is 14.1. The van der Waals surface area contributed by atoms with E-state index in [0.29, 0.717) is 11.8 Å². The first-order valence-electron chi connectivity index (χ1n) is 9.27. The fourth-order valence-electron chi connectivity index (χ4n) is 5.54. The summed E-state index contributed by atoms with van der Waals surface area (Å²) in [5.41, 5.74) is 4.09. The highest BCUT2D eigenvalue weighted by atomic mass is 14.6. The van der Waals surface area contributed by atoms with Crippen LogP contribution in [0.5, 0.6) is 0 Å². The van der Waals surface area contributed by atoms with Gasteiger partial charge in [0, 0.05) is 17.8 Å². The highest BCUT2D eigenvalue weighted by Gasteiger charge is 2.54. The van der Waals surface area contributed by atoms with Gasteiger partial charge in [0.15, 0.2) is 0 Å². The van der Waals surface area contributed by atoms with Crippen molar-refractivity contribution in [2.75, 3.05) is 0 Å². The number of nitrogens with zero attached hydrogens (tertiary/aromatic N) is 1. The van der Waals surface area contributed by atoms with E-state index in [1.165, 1.54) is 38.2 Å². The number of nitriles is 1. The van der Waals surface area contributed by atoms with Gasteiger partial charge in [0.05, 0.1) is 12.0 Å². The molecule has 0 spiro atoms. The first-order valence-corrected chi connectivity index (χ1v) is 9.27. The molecule has 2 aliphatic carbocycles. The molecule has 1 heteroatoms. The van der Waals surface area contributed by atoms with E-state index in [4.69, 9.17) is 0 Å². The Morgan fingerprint density at radius 3 is 1.81 bits per heavy atom. The highest BCUT2D eigenvalue weighted by molar-refractivity contribution is 6.12. The molecule has 4 aromatic rings. The molecule has 0 aromatic heterocycles. The number of rotatable bonds is 1. The molecule has 0 unspecified atom stereocenters. The van der Waals surface area contributed by atoms with E-state index in [2.05, 4.69) is 84.9 Å². The van der Waals surface area contributed by atoms with Crippen molar-refractivity contribution >= 4 is 21.5 Å². The van der Waals surface area contributed by atoms with Gasteiger partial charge in [-0.25, -0.2) is 0 Å². The molecule has 4 aromatic carbocycles. The molecule has 122 valence electrons. The van der Waals surface area contributed by atoms with Crippen molar-refractivity contribution in [1.29, 1.82) is 5.26 Å². The third-order valence-electron chi connectivity index (χ3n) is 6.55. The normalized spacial score (nSPS) is 25.7. The molecule has 0 bridgehead atoms. The van der Waals surface area contributed by atoms with E-state index in [1.807, 2.05) is 0 Å². The molecular weight excluding hydrogens is 314 g/mol. The minimum Gasteiger partial charge on any atom is -0.198 e. The number of hydrogen-bond acceptors (Lipinski definition) is 1. The molecular formula is C25H17N. The molecule has 0 aliphatic heterocycles. The minimum absolute atomic E-state index is 0.0385. The summed E-state index contributed by atoms with van der Waals surface area (Å²) in [6.07, 6.45) is 0. The van der Waals surface area contributed by atoms with E-state index in [1.54, 1.807) is 0 Å². The Labute approximate surface area is 152 Å². The maximum absolute atomic E-state index is 10.0. The second-order valence-corrected chi connectivity index (χ2v) is 7.60. The minimum atomic E-state index is 0.0385. The molecule has 2 aliphatic rings. The average molecular weight is 331 g/mol. The highest BCUT2D eigenvalue weighted by Crippen LogP contribution is 2.66. The van der Waals surface area contributed by atoms with Gasteiger partial charge in [-0.15, -0.1) is 0 Å². The summed E-state index contributed by atoms with van der Waals surface area (Å²) in [7, 11) is 0. The van der Waals surface area contributed by atoms with E-state index in [0.717, 1.165) is 0 Å². The zero-order chi connectivity index (χ0) is 17.3. The molecule has 1 fully saturated rings. The van der Waals surface area contributed by atoms with Crippen LogP contribution in [0.3, 0.4) is 0 Å². The lowest BCUT2D eigenvalue weighted by Gasteiger charge is -2.52. The lowest BCUT2D eigenvalue weighted by Crippen LogP contribution is -2.42. The molecule has 1 nitrogen and oxygen atoms in total. The van der Waals surface area contributed by atoms with Crippen LogP contribution in [0, 0.1) is 17.2 Å². The largest absolute Gasteiger partial charge is 0.198 e. The topological polar surface area (TPSA) is 23.8 Å². The summed E-state index contributed by atoms with van der Waals surface area (Å²) in [5, 5.41) is 15.4. The van der Waals surface area contributed by atoms with Crippen molar-refractivity contribution in [3.05, 3.63) is 95.6 Å². The van der Waals surface area contributed by atoms with Crippen LogP contribution in [0.25, 0.3) is 21.5 Å². The summed E-state index contributed by atoms with van der Waals surface area (Å²) in [5.74, 6) is 1.01. The van der Waals surface area contributed by atoms with Gasteiger partial charge in [-0.1, -0.05) is 78.9 Å². The van der Waals surface area contributed by atoms with Crippen molar-refractivity contribution in [2.45, 2.75) is 17.8 Å². The van der Waals surface area contributed by atoms with Crippen LogP contribution >= 0.6 is 0 Å². The number of benzene rings is 4. The summed E-state index contributed by atoms with van der Waals surface area (Å²) in [6.45, 7) is 0. The molecule has 26 heavy (non-hydrogen) atoms. The Morgan fingerprint density at radius 1 is 0.577 bits per heavy atom. The molecule has 0 radical (unpaired) electrons. The van der Waals surface area contributed by atoms with Gasteiger partial charge >= 0.3 is 0 Å². The van der Waals surface area contributed by atoms with E-state index in [9.17, 15) is 5.26 Å². The quantitative estimate of drug-likeness (QED) is 0.386. The smallest absolute Gasteiger partial charge is 0.0669 e. The van der Waals surface area contributed by atoms with Crippen LogP contribution in [-0.4, -0.2) is 0 Å². The Morgan fingerprint density at radius 2 is 1.19 bits per heavy atom.